The molecule has 2 aliphatic carbocycles. The molecule has 0 bridgehead atoms. The van der Waals surface area contributed by atoms with Crippen LogP contribution in [-0.4, -0.2) is 23.2 Å². The molecule has 4 nitrogen and oxygen atoms in total. The minimum Gasteiger partial charge on any atom is -0.548 e. The van der Waals surface area contributed by atoms with Crippen molar-refractivity contribution >= 4 is 23.1 Å². The van der Waals surface area contributed by atoms with Gasteiger partial charge in [-0.15, -0.1) is 0 Å². The summed E-state index contributed by atoms with van der Waals surface area (Å²) in [6.45, 7) is 0. The SMILES string of the molecule is O=C([O-])[C@H](Cc1c[nH]c2ccccc12)N=C[C]1[CH][CH][CH][CH]1.[CH]1[CH][CH][CH][CH]1.[Fe+2].[Na+]. The van der Waals surface area contributed by atoms with Gasteiger partial charge < -0.3 is 14.9 Å². The third-order valence-corrected chi connectivity index (χ3v) is 4.01. The molecule has 2 fully saturated rings. The molecule has 28 heavy (non-hydrogen) atoms. The maximum atomic E-state index is 11.3. The first-order valence-electron chi connectivity index (χ1n) is 8.41. The standard InChI is InChI=1S/C17H15N2O2.C5H5.Fe.Na/c20-17(21)16(18-10-12-5-1-2-6-12)9-13-11-19-15-8-4-3-7-14(13)15;1-2-4-5-3-1;;/h1-8,10-11,16,19H,9H2,(H,20,21);1-5H;;/q;;+2;+1/p-1/t16-;;;/m0.../s1. The topological polar surface area (TPSA) is 68.3 Å². The molecule has 1 aromatic heterocycles. The monoisotopic (exact) mass is 422 g/mol. The zero-order chi connectivity index (χ0) is 18.2. The van der Waals surface area contributed by atoms with E-state index in [9.17, 15) is 9.90 Å². The van der Waals surface area contributed by atoms with Crippen LogP contribution in [0.4, 0.5) is 0 Å². The van der Waals surface area contributed by atoms with E-state index >= 15 is 0 Å². The molecule has 2 aliphatic rings. The number of carbonyl (C=O) groups excluding carboxylic acids is 1. The third-order valence-electron chi connectivity index (χ3n) is 4.01. The number of aliphatic imine (C=N–C) groups is 1. The Hall–Kier alpha value is -0.581. The number of fused-ring (bicyclic) bond motifs is 1. The molecule has 2 saturated carbocycles. The van der Waals surface area contributed by atoms with Crippen molar-refractivity contribution < 1.29 is 56.5 Å². The molecular weight excluding hydrogens is 403 g/mol. The molecule has 0 saturated heterocycles. The second kappa shape index (κ2) is 13.6. The van der Waals surface area contributed by atoms with Crippen LogP contribution in [0.5, 0.6) is 0 Å². The first-order valence-corrected chi connectivity index (χ1v) is 8.41. The maximum absolute atomic E-state index is 11.3. The Morgan fingerprint density at radius 2 is 1.64 bits per heavy atom. The number of hydrogen-bond acceptors (Lipinski definition) is 3. The maximum Gasteiger partial charge on any atom is 2.00 e. The summed E-state index contributed by atoms with van der Waals surface area (Å²) in [4.78, 5) is 18.6. The van der Waals surface area contributed by atoms with Crippen LogP contribution in [0.1, 0.15) is 5.56 Å². The van der Waals surface area contributed by atoms with E-state index in [-0.39, 0.29) is 46.6 Å². The van der Waals surface area contributed by atoms with E-state index in [1.807, 2.05) is 88.2 Å². The quantitative estimate of drug-likeness (QED) is 0.513. The summed E-state index contributed by atoms with van der Waals surface area (Å²) in [5, 5.41) is 12.3. The van der Waals surface area contributed by atoms with Crippen molar-refractivity contribution in [3.63, 3.8) is 0 Å². The molecule has 0 unspecified atom stereocenters. The van der Waals surface area contributed by atoms with Gasteiger partial charge in [-0.2, -0.15) is 0 Å². The largest absolute Gasteiger partial charge is 2.00 e. The van der Waals surface area contributed by atoms with Crippen molar-refractivity contribution in [3.05, 3.63) is 99.7 Å². The van der Waals surface area contributed by atoms with E-state index in [1.165, 1.54) is 0 Å². The van der Waals surface area contributed by atoms with Gasteiger partial charge in [0.1, 0.15) is 0 Å². The number of carboxylic acids is 1. The summed E-state index contributed by atoms with van der Waals surface area (Å²) >= 11 is 0. The zero-order valence-corrected chi connectivity index (χ0v) is 18.7. The van der Waals surface area contributed by atoms with Crippen molar-refractivity contribution in [1.29, 1.82) is 0 Å². The second-order valence-corrected chi connectivity index (χ2v) is 5.86. The number of carbonyl (C=O) groups is 1. The minimum absolute atomic E-state index is 0. The Balaban J connectivity index is 0.000000490. The van der Waals surface area contributed by atoms with Crippen LogP contribution in [0.15, 0.2) is 35.5 Å². The molecule has 10 radical (unpaired) electrons. The zero-order valence-electron chi connectivity index (χ0n) is 15.6. The molecule has 1 aromatic carbocycles. The molecule has 1 heterocycles. The summed E-state index contributed by atoms with van der Waals surface area (Å²) in [5.41, 5.74) is 1.92. The van der Waals surface area contributed by atoms with Gasteiger partial charge in [-0.05, 0) is 69.4 Å². The first-order chi connectivity index (χ1) is 12.7. The Morgan fingerprint density at radius 1 is 1.04 bits per heavy atom. The average Bonchev–Trinajstić information content (AvgIpc) is 3.42. The summed E-state index contributed by atoms with van der Waals surface area (Å²) < 4.78 is 0. The number of para-hydroxylation sites is 1. The van der Waals surface area contributed by atoms with Gasteiger partial charge in [-0.3, -0.25) is 4.99 Å². The summed E-state index contributed by atoms with van der Waals surface area (Å²) in [6.07, 6.45) is 21.2. The van der Waals surface area contributed by atoms with Crippen LogP contribution in [-0.2, 0) is 28.3 Å². The number of hydrogen-bond donors (Lipinski definition) is 1. The van der Waals surface area contributed by atoms with Crippen LogP contribution in [0.25, 0.3) is 10.9 Å². The van der Waals surface area contributed by atoms with Gasteiger partial charge in [0, 0.05) is 35.7 Å². The fourth-order valence-corrected chi connectivity index (χ4v) is 2.68. The molecule has 6 heteroatoms. The number of H-pyrrole nitrogens is 1. The van der Waals surface area contributed by atoms with Crippen molar-refractivity contribution in [3.8, 4) is 0 Å². The number of benzene rings is 1. The molecular formula is C22H19FeN2NaO2+2. The van der Waals surface area contributed by atoms with E-state index < -0.39 is 12.0 Å². The smallest absolute Gasteiger partial charge is 0.548 e. The van der Waals surface area contributed by atoms with Crippen molar-refractivity contribution in [2.24, 2.45) is 4.99 Å². The summed E-state index contributed by atoms with van der Waals surface area (Å²) in [5.74, 6) is -0.275. The van der Waals surface area contributed by atoms with E-state index in [0.29, 0.717) is 6.42 Å². The summed E-state index contributed by atoms with van der Waals surface area (Å²) in [6, 6.07) is 6.90. The van der Waals surface area contributed by atoms with E-state index in [2.05, 4.69) is 9.98 Å². The molecule has 0 spiro atoms. The minimum atomic E-state index is -1.16. The van der Waals surface area contributed by atoms with Gasteiger partial charge in [0.15, 0.2) is 0 Å². The van der Waals surface area contributed by atoms with E-state index in [1.54, 1.807) is 6.21 Å². The number of nitrogens with zero attached hydrogens (tertiary/aromatic N) is 1. The van der Waals surface area contributed by atoms with Crippen LogP contribution >= 0.6 is 0 Å². The van der Waals surface area contributed by atoms with Crippen molar-refractivity contribution in [2.45, 2.75) is 12.5 Å². The first kappa shape index (κ1) is 25.5. The normalized spacial score (nSPS) is 17.6. The Kier molecular flexibility index (Phi) is 12.4. The fraction of sp³-hybridized carbons (Fsp3) is 0.0909. The van der Waals surface area contributed by atoms with Gasteiger partial charge in [-0.25, -0.2) is 0 Å². The van der Waals surface area contributed by atoms with Crippen molar-refractivity contribution in [1.82, 2.24) is 4.98 Å². The van der Waals surface area contributed by atoms with Crippen LogP contribution in [0.2, 0.25) is 0 Å². The van der Waals surface area contributed by atoms with Crippen LogP contribution in [0.3, 0.4) is 0 Å². The third kappa shape index (κ3) is 7.68. The number of carboxylic acid groups (broad SMARTS) is 1. The second-order valence-electron chi connectivity index (χ2n) is 5.86. The number of nitrogens with one attached hydrogen (secondary N) is 1. The van der Waals surface area contributed by atoms with Crippen molar-refractivity contribution in [2.75, 3.05) is 0 Å². The van der Waals surface area contributed by atoms with Crippen LogP contribution < -0.4 is 34.7 Å². The molecule has 136 valence electrons. The average molecular weight is 422 g/mol. The van der Waals surface area contributed by atoms with Gasteiger partial charge in [0.2, 0.25) is 0 Å². The van der Waals surface area contributed by atoms with Gasteiger partial charge in [0.05, 0.1) is 12.0 Å². The number of aromatic amines is 1. The fourth-order valence-electron chi connectivity index (χ4n) is 2.68. The van der Waals surface area contributed by atoms with E-state index in [4.69, 9.17) is 0 Å². The van der Waals surface area contributed by atoms with Crippen LogP contribution in [0, 0.1) is 63.7 Å². The Bertz CT molecular complexity index is 729. The van der Waals surface area contributed by atoms with Gasteiger partial charge in [-0.1, -0.05) is 18.2 Å². The Morgan fingerprint density at radius 3 is 2.25 bits per heavy atom. The van der Waals surface area contributed by atoms with Gasteiger partial charge >= 0.3 is 46.6 Å². The molecule has 0 amide bonds. The molecule has 4 rings (SSSR count). The molecule has 0 aliphatic heterocycles. The molecule has 1 N–H and O–H groups in total. The summed E-state index contributed by atoms with van der Waals surface area (Å²) in [7, 11) is 0. The number of rotatable bonds is 5. The molecule has 2 aromatic rings. The number of aromatic nitrogens is 1. The predicted molar refractivity (Wildman–Crippen MR) is 101 cm³/mol. The van der Waals surface area contributed by atoms with E-state index in [0.717, 1.165) is 22.4 Å². The Labute approximate surface area is 200 Å². The van der Waals surface area contributed by atoms with Gasteiger partial charge in [0.25, 0.3) is 0 Å². The molecule has 1 atom stereocenters. The predicted octanol–water partition coefficient (Wildman–Crippen LogP) is -0.672. The number of aliphatic carboxylic acids is 1.